The fourth-order valence-electron chi connectivity index (χ4n) is 1.82. The van der Waals surface area contributed by atoms with Crippen LogP contribution in [0.25, 0.3) is 6.08 Å². The summed E-state index contributed by atoms with van der Waals surface area (Å²) in [5.41, 5.74) is 1.02. The summed E-state index contributed by atoms with van der Waals surface area (Å²) in [5.74, 6) is -2.60. The average Bonchev–Trinajstić information content (AvgIpc) is 2.75. The van der Waals surface area contributed by atoms with Gasteiger partial charge in [0, 0.05) is 0 Å². The maximum Gasteiger partial charge on any atom is 0.377 e. The zero-order valence-corrected chi connectivity index (χ0v) is 11.2. The summed E-state index contributed by atoms with van der Waals surface area (Å²) in [6.07, 6.45) is 1.11. The predicted octanol–water partition coefficient (Wildman–Crippen LogP) is 1.33. The molecular formula is C15H16O6. The first-order valence-electron chi connectivity index (χ1n) is 6.40. The van der Waals surface area contributed by atoms with E-state index in [0.29, 0.717) is 0 Å². The van der Waals surface area contributed by atoms with Crippen molar-refractivity contribution in [2.45, 2.75) is 12.2 Å². The lowest BCUT2D eigenvalue weighted by atomic mass is 10.2. The molecule has 0 aromatic heterocycles. The highest BCUT2D eigenvalue weighted by molar-refractivity contribution is 5.89. The first-order valence-corrected chi connectivity index (χ1v) is 6.40. The van der Waals surface area contributed by atoms with Crippen molar-refractivity contribution in [1.29, 1.82) is 0 Å². The lowest BCUT2D eigenvalue weighted by Crippen LogP contribution is -2.32. The van der Waals surface area contributed by atoms with E-state index in [4.69, 9.17) is 9.84 Å². The van der Waals surface area contributed by atoms with Gasteiger partial charge < -0.3 is 24.8 Å². The Balaban J connectivity index is 1.74. The number of hydrogen-bond donors (Lipinski definition) is 3. The van der Waals surface area contributed by atoms with Gasteiger partial charge in [0.25, 0.3) is 0 Å². The van der Waals surface area contributed by atoms with Crippen LogP contribution < -0.4 is 0 Å². The van der Waals surface area contributed by atoms with Gasteiger partial charge in [0.2, 0.25) is 5.76 Å². The fraction of sp³-hybridized carbons (Fsp3) is 0.267. The number of esters is 1. The van der Waals surface area contributed by atoms with Gasteiger partial charge in [-0.3, -0.25) is 0 Å². The van der Waals surface area contributed by atoms with Crippen molar-refractivity contribution in [3.63, 3.8) is 0 Å². The molecule has 3 N–H and O–H groups in total. The van der Waals surface area contributed by atoms with E-state index in [-0.39, 0.29) is 13.2 Å². The number of benzene rings is 1. The summed E-state index contributed by atoms with van der Waals surface area (Å²) < 4.78 is 9.82. The van der Waals surface area contributed by atoms with Gasteiger partial charge in [-0.1, -0.05) is 42.5 Å². The minimum absolute atomic E-state index is 0.144. The third kappa shape index (κ3) is 3.84. The van der Waals surface area contributed by atoms with Gasteiger partial charge >= 0.3 is 5.97 Å². The minimum Gasteiger partial charge on any atom is -0.505 e. The van der Waals surface area contributed by atoms with E-state index in [2.05, 4.69) is 4.74 Å². The van der Waals surface area contributed by atoms with Gasteiger partial charge in [0.1, 0.15) is 6.10 Å². The quantitative estimate of drug-likeness (QED) is 0.541. The Bertz CT molecular complexity index is 549. The molecule has 0 bridgehead atoms. The first kappa shape index (κ1) is 15.1. The molecule has 0 saturated carbocycles. The van der Waals surface area contributed by atoms with Gasteiger partial charge in [-0.15, -0.1) is 0 Å². The number of rotatable bonds is 6. The largest absolute Gasteiger partial charge is 0.505 e. The number of hydrogen-bond acceptors (Lipinski definition) is 6. The summed E-state index contributed by atoms with van der Waals surface area (Å²) in [6.45, 7) is 0.109. The van der Waals surface area contributed by atoms with E-state index in [1.807, 2.05) is 36.4 Å². The minimum atomic E-state index is -1.28. The smallest absolute Gasteiger partial charge is 0.377 e. The molecule has 2 rings (SSSR count). The third-order valence-corrected chi connectivity index (χ3v) is 2.90. The second-order valence-corrected chi connectivity index (χ2v) is 4.48. The molecule has 1 aliphatic rings. The van der Waals surface area contributed by atoms with E-state index in [9.17, 15) is 15.0 Å². The Kier molecular flexibility index (Phi) is 4.97. The average molecular weight is 292 g/mol. The van der Waals surface area contributed by atoms with Gasteiger partial charge in [-0.25, -0.2) is 4.79 Å². The molecule has 0 unspecified atom stereocenters. The molecular weight excluding hydrogens is 276 g/mol. The summed E-state index contributed by atoms with van der Waals surface area (Å²) >= 11 is 0. The van der Waals surface area contributed by atoms with Crippen LogP contribution in [0, 0.1) is 0 Å². The van der Waals surface area contributed by atoms with Crippen molar-refractivity contribution >= 4 is 12.0 Å². The maximum atomic E-state index is 11.0. The van der Waals surface area contributed by atoms with Crippen LogP contribution >= 0.6 is 0 Å². The van der Waals surface area contributed by atoms with E-state index >= 15 is 0 Å². The third-order valence-electron chi connectivity index (χ3n) is 2.90. The van der Waals surface area contributed by atoms with Crippen LogP contribution in [-0.2, 0) is 14.3 Å². The number of carbonyl (C=O) groups excluding carboxylic acids is 1. The molecule has 0 fully saturated rings. The first-order chi connectivity index (χ1) is 10.1. The molecule has 0 saturated heterocycles. The molecule has 112 valence electrons. The highest BCUT2D eigenvalue weighted by Gasteiger charge is 2.39. The SMILES string of the molecule is O=C1O[C@H]([C@@H](O)COCC=Cc2ccccc2)C(O)=C1O. The van der Waals surface area contributed by atoms with Gasteiger partial charge in [-0.05, 0) is 5.56 Å². The molecule has 0 spiro atoms. The van der Waals surface area contributed by atoms with Crippen molar-refractivity contribution in [2.75, 3.05) is 13.2 Å². The van der Waals surface area contributed by atoms with E-state index in [1.165, 1.54) is 0 Å². The topological polar surface area (TPSA) is 96.2 Å². The molecule has 6 nitrogen and oxygen atoms in total. The van der Waals surface area contributed by atoms with Crippen molar-refractivity contribution in [2.24, 2.45) is 0 Å². The summed E-state index contributed by atoms with van der Waals surface area (Å²) in [6, 6.07) is 9.63. The number of aliphatic hydroxyl groups excluding tert-OH is 3. The second kappa shape index (κ2) is 6.92. The molecule has 0 aliphatic carbocycles. The van der Waals surface area contributed by atoms with Crippen LogP contribution in [0.5, 0.6) is 0 Å². The van der Waals surface area contributed by atoms with Crippen molar-refractivity contribution in [3.8, 4) is 0 Å². The van der Waals surface area contributed by atoms with Crippen LogP contribution in [-0.4, -0.2) is 46.7 Å². The molecule has 21 heavy (non-hydrogen) atoms. The summed E-state index contributed by atoms with van der Waals surface area (Å²) in [4.78, 5) is 11.0. The monoisotopic (exact) mass is 292 g/mol. The van der Waals surface area contributed by atoms with Gasteiger partial charge in [0.05, 0.1) is 13.2 Å². The number of ether oxygens (including phenoxy) is 2. The van der Waals surface area contributed by atoms with Crippen LogP contribution in [0.4, 0.5) is 0 Å². The van der Waals surface area contributed by atoms with E-state index in [1.54, 1.807) is 6.08 Å². The lowest BCUT2D eigenvalue weighted by Gasteiger charge is -2.16. The summed E-state index contributed by atoms with van der Waals surface area (Å²) in [5, 5.41) is 28.3. The highest BCUT2D eigenvalue weighted by atomic mass is 16.6. The second-order valence-electron chi connectivity index (χ2n) is 4.48. The zero-order chi connectivity index (χ0) is 15.2. The molecule has 1 aromatic carbocycles. The molecule has 1 aliphatic heterocycles. The van der Waals surface area contributed by atoms with Gasteiger partial charge in [-0.2, -0.15) is 0 Å². The standard InChI is InChI=1S/C15H16O6/c16-11(14-12(17)13(18)15(19)21-14)9-20-8-4-7-10-5-2-1-3-6-10/h1-7,11,14,16-18H,8-9H2/t11-,14+/m0/s1. The number of cyclic esters (lactones) is 1. The molecule has 1 heterocycles. The van der Waals surface area contributed by atoms with Crippen LogP contribution in [0.3, 0.4) is 0 Å². The molecule has 1 aromatic rings. The van der Waals surface area contributed by atoms with Gasteiger partial charge in [0.15, 0.2) is 11.9 Å². The Morgan fingerprint density at radius 1 is 1.29 bits per heavy atom. The zero-order valence-electron chi connectivity index (χ0n) is 11.2. The highest BCUT2D eigenvalue weighted by Crippen LogP contribution is 2.21. The molecule has 2 atom stereocenters. The Hall–Kier alpha value is -2.31. The van der Waals surface area contributed by atoms with Crippen molar-refractivity contribution in [3.05, 3.63) is 53.5 Å². The van der Waals surface area contributed by atoms with E-state index in [0.717, 1.165) is 5.56 Å². The number of aliphatic hydroxyl groups is 3. The Morgan fingerprint density at radius 2 is 2.00 bits per heavy atom. The van der Waals surface area contributed by atoms with Crippen molar-refractivity contribution < 1.29 is 29.6 Å². The molecule has 0 amide bonds. The number of carbonyl (C=O) groups is 1. The molecule has 6 heteroatoms. The molecule has 0 radical (unpaired) electrons. The maximum absolute atomic E-state index is 11.0. The Morgan fingerprint density at radius 3 is 2.62 bits per heavy atom. The fourth-order valence-corrected chi connectivity index (χ4v) is 1.82. The van der Waals surface area contributed by atoms with Crippen molar-refractivity contribution in [1.82, 2.24) is 0 Å². The van der Waals surface area contributed by atoms with Crippen LogP contribution in [0.2, 0.25) is 0 Å². The summed E-state index contributed by atoms with van der Waals surface area (Å²) in [7, 11) is 0. The Labute approximate surface area is 121 Å². The predicted molar refractivity (Wildman–Crippen MR) is 74.5 cm³/mol. The van der Waals surface area contributed by atoms with Crippen LogP contribution in [0.1, 0.15) is 5.56 Å². The van der Waals surface area contributed by atoms with E-state index < -0.39 is 29.7 Å². The normalized spacial score (nSPS) is 20.0. The lowest BCUT2D eigenvalue weighted by molar-refractivity contribution is -0.148. The van der Waals surface area contributed by atoms with Crippen LogP contribution in [0.15, 0.2) is 47.9 Å².